The van der Waals surface area contributed by atoms with E-state index in [0.717, 1.165) is 6.42 Å². The molecule has 1 atom stereocenters. The van der Waals surface area contributed by atoms with Crippen LogP contribution < -0.4 is 10.5 Å². The maximum atomic E-state index is 11.6. The summed E-state index contributed by atoms with van der Waals surface area (Å²) in [6, 6.07) is -0.626. The van der Waals surface area contributed by atoms with Gasteiger partial charge in [0.15, 0.2) is 5.84 Å². The lowest BCUT2D eigenvalue weighted by atomic mass is 10.2. The molecule has 0 aromatic rings. The van der Waals surface area contributed by atoms with Gasteiger partial charge in [0.2, 0.25) is 10.0 Å². The smallest absolute Gasteiger partial charge is 0.212 e. The Bertz CT molecular complexity index is 325. The minimum absolute atomic E-state index is 0.0337. The lowest BCUT2D eigenvalue weighted by Gasteiger charge is -2.17. The normalized spacial score (nSPS) is 15.4. The van der Waals surface area contributed by atoms with Crippen LogP contribution >= 0.6 is 0 Å². The van der Waals surface area contributed by atoms with E-state index in [1.165, 1.54) is 0 Å². The van der Waals surface area contributed by atoms with Crippen molar-refractivity contribution in [1.82, 2.24) is 4.72 Å². The van der Waals surface area contributed by atoms with Crippen LogP contribution in [0.1, 0.15) is 33.6 Å². The topological polar surface area (TPSA) is 105 Å². The van der Waals surface area contributed by atoms with Crippen molar-refractivity contribution in [3.05, 3.63) is 0 Å². The monoisotopic (exact) mass is 251 g/mol. The Morgan fingerprint density at radius 2 is 2.06 bits per heavy atom. The second kappa shape index (κ2) is 6.70. The van der Waals surface area contributed by atoms with Crippen LogP contribution in [-0.4, -0.2) is 31.3 Å². The van der Waals surface area contributed by atoms with E-state index in [-0.39, 0.29) is 17.5 Å². The minimum atomic E-state index is -3.38. The van der Waals surface area contributed by atoms with Gasteiger partial charge < -0.3 is 10.9 Å². The van der Waals surface area contributed by atoms with Crippen molar-refractivity contribution < 1.29 is 13.6 Å². The van der Waals surface area contributed by atoms with Crippen LogP contribution in [-0.2, 0) is 10.0 Å². The molecule has 7 heteroatoms. The highest BCUT2D eigenvalue weighted by Gasteiger charge is 2.21. The third kappa shape index (κ3) is 5.92. The van der Waals surface area contributed by atoms with Crippen molar-refractivity contribution in [2.75, 3.05) is 5.75 Å². The molecule has 16 heavy (non-hydrogen) atoms. The summed E-state index contributed by atoms with van der Waals surface area (Å²) in [5.41, 5.74) is 5.41. The molecule has 0 aliphatic carbocycles. The number of amidine groups is 1. The Hall–Kier alpha value is -0.820. The van der Waals surface area contributed by atoms with Gasteiger partial charge in [0, 0.05) is 0 Å². The molecule has 96 valence electrons. The second-order valence-corrected chi connectivity index (χ2v) is 5.96. The number of hydrogen-bond donors (Lipinski definition) is 3. The standard InChI is InChI=1S/C9H21N3O3S/c1-4-5-8(9(10)11-13)12-16(14,15)6-7(2)3/h7-8,12-13H,4-6H2,1-3H3,(H2,10,11). The van der Waals surface area contributed by atoms with Crippen molar-refractivity contribution in [2.45, 2.75) is 39.7 Å². The summed E-state index contributed by atoms with van der Waals surface area (Å²) in [6.45, 7) is 5.53. The maximum absolute atomic E-state index is 11.6. The van der Waals surface area contributed by atoms with Crippen LogP contribution in [0, 0.1) is 5.92 Å². The number of rotatable bonds is 7. The molecule has 0 saturated heterocycles. The highest BCUT2D eigenvalue weighted by molar-refractivity contribution is 7.89. The van der Waals surface area contributed by atoms with Gasteiger partial charge in [-0.25, -0.2) is 13.1 Å². The van der Waals surface area contributed by atoms with Gasteiger partial charge in [0.1, 0.15) is 0 Å². The average molecular weight is 251 g/mol. The van der Waals surface area contributed by atoms with E-state index in [4.69, 9.17) is 10.9 Å². The van der Waals surface area contributed by atoms with Crippen LogP contribution in [0.25, 0.3) is 0 Å². The third-order valence-corrected chi connectivity index (χ3v) is 3.67. The van der Waals surface area contributed by atoms with Gasteiger partial charge in [-0.05, 0) is 12.3 Å². The van der Waals surface area contributed by atoms with Gasteiger partial charge in [0.25, 0.3) is 0 Å². The summed E-state index contributed by atoms with van der Waals surface area (Å²) in [5.74, 6) is -0.0346. The molecule has 0 aromatic carbocycles. The zero-order valence-electron chi connectivity index (χ0n) is 9.97. The number of nitrogens with zero attached hydrogens (tertiary/aromatic N) is 1. The fourth-order valence-electron chi connectivity index (χ4n) is 1.33. The molecule has 0 aromatic heterocycles. The largest absolute Gasteiger partial charge is 0.409 e. The quantitative estimate of drug-likeness (QED) is 0.265. The second-order valence-electron chi connectivity index (χ2n) is 4.16. The fourth-order valence-corrected chi connectivity index (χ4v) is 2.98. The summed E-state index contributed by atoms with van der Waals surface area (Å²) in [7, 11) is -3.38. The van der Waals surface area contributed by atoms with Gasteiger partial charge in [-0.15, -0.1) is 0 Å². The van der Waals surface area contributed by atoms with Crippen LogP contribution in [0.2, 0.25) is 0 Å². The first-order chi connectivity index (χ1) is 7.32. The molecule has 0 aliphatic heterocycles. The summed E-state index contributed by atoms with van der Waals surface area (Å²) in [4.78, 5) is 0. The Labute approximate surface area is 97.0 Å². The lowest BCUT2D eigenvalue weighted by Crippen LogP contribution is -2.45. The molecule has 1 unspecified atom stereocenters. The first-order valence-electron chi connectivity index (χ1n) is 5.29. The number of sulfonamides is 1. The van der Waals surface area contributed by atoms with Crippen molar-refractivity contribution in [1.29, 1.82) is 0 Å². The van der Waals surface area contributed by atoms with E-state index in [0.29, 0.717) is 6.42 Å². The van der Waals surface area contributed by atoms with Crippen molar-refractivity contribution in [2.24, 2.45) is 16.8 Å². The zero-order valence-corrected chi connectivity index (χ0v) is 10.8. The van der Waals surface area contributed by atoms with E-state index in [1.54, 1.807) is 0 Å². The van der Waals surface area contributed by atoms with Gasteiger partial charge in [-0.3, -0.25) is 0 Å². The van der Waals surface area contributed by atoms with Gasteiger partial charge >= 0.3 is 0 Å². The van der Waals surface area contributed by atoms with E-state index >= 15 is 0 Å². The molecule has 0 heterocycles. The molecule has 0 spiro atoms. The van der Waals surface area contributed by atoms with Gasteiger partial charge in [-0.2, -0.15) is 0 Å². The van der Waals surface area contributed by atoms with Crippen molar-refractivity contribution in [3.63, 3.8) is 0 Å². The van der Waals surface area contributed by atoms with Gasteiger partial charge in [0.05, 0.1) is 11.8 Å². The van der Waals surface area contributed by atoms with Crippen LogP contribution in [0.5, 0.6) is 0 Å². The first kappa shape index (κ1) is 15.2. The SMILES string of the molecule is CCCC(NS(=O)(=O)CC(C)C)C(N)=NO. The fraction of sp³-hybridized carbons (Fsp3) is 0.889. The summed E-state index contributed by atoms with van der Waals surface area (Å²) < 4.78 is 25.7. The summed E-state index contributed by atoms with van der Waals surface area (Å²) >= 11 is 0. The predicted molar refractivity (Wildman–Crippen MR) is 63.9 cm³/mol. The molecule has 0 amide bonds. The molecule has 0 bridgehead atoms. The highest BCUT2D eigenvalue weighted by atomic mass is 32.2. The van der Waals surface area contributed by atoms with E-state index < -0.39 is 16.1 Å². The maximum Gasteiger partial charge on any atom is 0.212 e. The lowest BCUT2D eigenvalue weighted by molar-refractivity contribution is 0.315. The van der Waals surface area contributed by atoms with Crippen LogP contribution in [0.4, 0.5) is 0 Å². The summed E-state index contributed by atoms with van der Waals surface area (Å²) in [5, 5.41) is 11.4. The third-order valence-electron chi connectivity index (χ3n) is 1.92. The Balaban J connectivity index is 4.63. The predicted octanol–water partition coefficient (Wildman–Crippen LogP) is 0.477. The number of nitrogens with two attached hydrogens (primary N) is 1. The van der Waals surface area contributed by atoms with E-state index in [9.17, 15) is 8.42 Å². The number of oxime groups is 1. The first-order valence-corrected chi connectivity index (χ1v) is 6.95. The van der Waals surface area contributed by atoms with Gasteiger partial charge in [-0.1, -0.05) is 32.3 Å². The molecule has 0 aliphatic rings. The Morgan fingerprint density at radius 1 is 1.50 bits per heavy atom. The Kier molecular flexibility index (Phi) is 6.35. The molecular weight excluding hydrogens is 230 g/mol. The minimum Gasteiger partial charge on any atom is -0.409 e. The van der Waals surface area contributed by atoms with Crippen LogP contribution in [0.3, 0.4) is 0 Å². The van der Waals surface area contributed by atoms with Crippen LogP contribution in [0.15, 0.2) is 5.16 Å². The molecule has 0 rings (SSSR count). The molecule has 0 saturated carbocycles. The average Bonchev–Trinajstić information content (AvgIpc) is 2.13. The highest BCUT2D eigenvalue weighted by Crippen LogP contribution is 2.03. The molecule has 4 N–H and O–H groups in total. The molecule has 0 fully saturated rings. The molecule has 0 radical (unpaired) electrons. The summed E-state index contributed by atoms with van der Waals surface area (Å²) in [6.07, 6.45) is 1.25. The molecule has 6 nitrogen and oxygen atoms in total. The zero-order chi connectivity index (χ0) is 12.8. The van der Waals surface area contributed by atoms with E-state index in [1.807, 2.05) is 20.8 Å². The van der Waals surface area contributed by atoms with Crippen molar-refractivity contribution in [3.8, 4) is 0 Å². The number of nitrogens with one attached hydrogen (secondary N) is 1. The van der Waals surface area contributed by atoms with E-state index in [2.05, 4.69) is 9.88 Å². The molecular formula is C9H21N3O3S. The Morgan fingerprint density at radius 3 is 2.44 bits per heavy atom. The van der Waals surface area contributed by atoms with Crippen molar-refractivity contribution >= 4 is 15.9 Å². The number of hydrogen-bond acceptors (Lipinski definition) is 4.